The maximum Gasteiger partial charge on any atom is 0.227 e. The van der Waals surface area contributed by atoms with E-state index in [1.54, 1.807) is 0 Å². The molecule has 1 aliphatic carbocycles. The van der Waals surface area contributed by atoms with E-state index in [4.69, 9.17) is 4.98 Å². The Balaban J connectivity index is 1.76. The topological polar surface area (TPSA) is 41.1 Å². The maximum atomic E-state index is 4.76. The minimum absolute atomic E-state index is 0.344. The van der Waals surface area contributed by atoms with Crippen LogP contribution in [0.3, 0.4) is 0 Å². The van der Waals surface area contributed by atoms with Crippen LogP contribution in [-0.2, 0) is 6.54 Å². The summed E-state index contributed by atoms with van der Waals surface area (Å²) in [7, 11) is 0. The van der Waals surface area contributed by atoms with Crippen LogP contribution in [0.2, 0.25) is 0 Å². The lowest BCUT2D eigenvalue weighted by molar-refractivity contribution is 0.659. The first-order valence-corrected chi connectivity index (χ1v) is 8.62. The van der Waals surface area contributed by atoms with Gasteiger partial charge in [-0.15, -0.1) is 0 Å². The number of anilines is 2. The van der Waals surface area contributed by atoms with Crippen LogP contribution in [0.25, 0.3) is 0 Å². The van der Waals surface area contributed by atoms with Gasteiger partial charge in [0.15, 0.2) is 0 Å². The van der Waals surface area contributed by atoms with Crippen molar-refractivity contribution >= 4 is 11.8 Å². The zero-order valence-electron chi connectivity index (χ0n) is 14.1. The molecule has 23 heavy (non-hydrogen) atoms. The number of hydrogen-bond donors (Lipinski definition) is 1. The van der Waals surface area contributed by atoms with Gasteiger partial charge in [-0.1, -0.05) is 43.2 Å². The van der Waals surface area contributed by atoms with Crippen molar-refractivity contribution in [1.29, 1.82) is 0 Å². The van der Waals surface area contributed by atoms with Crippen molar-refractivity contribution < 1.29 is 0 Å². The predicted octanol–water partition coefficient (Wildman–Crippen LogP) is 4.25. The van der Waals surface area contributed by atoms with Gasteiger partial charge in [-0.05, 0) is 38.3 Å². The number of nitrogens with zero attached hydrogens (tertiary/aromatic N) is 3. The number of benzene rings is 1. The highest BCUT2D eigenvalue weighted by Crippen LogP contribution is 2.23. The fourth-order valence-electron chi connectivity index (χ4n) is 3.11. The zero-order valence-corrected chi connectivity index (χ0v) is 14.1. The van der Waals surface area contributed by atoms with Gasteiger partial charge in [-0.25, -0.2) is 4.98 Å². The first-order chi connectivity index (χ1) is 11.2. The molecule has 4 nitrogen and oxygen atoms in total. The van der Waals surface area contributed by atoms with Crippen LogP contribution in [0.1, 0.15) is 45.1 Å². The Bertz CT molecular complexity index is 606. The second-order valence-electron chi connectivity index (χ2n) is 6.57. The molecule has 0 radical (unpaired) electrons. The molecule has 0 bridgehead atoms. The Morgan fingerprint density at radius 3 is 2.57 bits per heavy atom. The molecule has 0 saturated heterocycles. The quantitative estimate of drug-likeness (QED) is 0.866. The van der Waals surface area contributed by atoms with Gasteiger partial charge in [0.25, 0.3) is 0 Å². The van der Waals surface area contributed by atoms with Crippen molar-refractivity contribution in [1.82, 2.24) is 9.97 Å². The lowest BCUT2D eigenvalue weighted by Gasteiger charge is -2.27. The molecule has 3 rings (SSSR count). The van der Waals surface area contributed by atoms with Gasteiger partial charge < -0.3 is 10.2 Å². The molecule has 1 N–H and O–H groups in total. The average Bonchev–Trinajstić information content (AvgIpc) is 3.06. The summed E-state index contributed by atoms with van der Waals surface area (Å²) < 4.78 is 0. The second-order valence-corrected chi connectivity index (χ2v) is 6.57. The summed E-state index contributed by atoms with van der Waals surface area (Å²) in [6, 6.07) is 13.4. The molecule has 1 fully saturated rings. The van der Waals surface area contributed by atoms with E-state index in [9.17, 15) is 0 Å². The van der Waals surface area contributed by atoms with E-state index in [0.29, 0.717) is 12.1 Å². The molecule has 0 aliphatic heterocycles. The van der Waals surface area contributed by atoms with Crippen molar-refractivity contribution in [2.45, 2.75) is 58.2 Å². The van der Waals surface area contributed by atoms with E-state index < -0.39 is 0 Å². The molecule has 0 spiro atoms. The van der Waals surface area contributed by atoms with Gasteiger partial charge in [0.1, 0.15) is 5.82 Å². The predicted molar refractivity (Wildman–Crippen MR) is 95.7 cm³/mol. The minimum Gasteiger partial charge on any atom is -0.367 e. The third kappa shape index (κ3) is 4.21. The lowest BCUT2D eigenvalue weighted by Crippen LogP contribution is -2.32. The number of nitrogens with one attached hydrogen (secondary N) is 1. The van der Waals surface area contributed by atoms with Crippen LogP contribution in [0.5, 0.6) is 0 Å². The molecular formula is C19H26N4. The summed E-state index contributed by atoms with van der Waals surface area (Å²) in [6.45, 7) is 5.19. The van der Waals surface area contributed by atoms with Gasteiger partial charge in [-0.3, -0.25) is 0 Å². The van der Waals surface area contributed by atoms with Crippen molar-refractivity contribution in [3.05, 3.63) is 48.2 Å². The molecule has 0 amide bonds. The summed E-state index contributed by atoms with van der Waals surface area (Å²) in [6.07, 6.45) is 7.00. The van der Waals surface area contributed by atoms with Crippen molar-refractivity contribution in [2.24, 2.45) is 0 Å². The van der Waals surface area contributed by atoms with Crippen molar-refractivity contribution in [3.8, 4) is 0 Å². The van der Waals surface area contributed by atoms with E-state index >= 15 is 0 Å². The Labute approximate surface area is 139 Å². The van der Waals surface area contributed by atoms with E-state index in [0.717, 1.165) is 18.3 Å². The first-order valence-electron chi connectivity index (χ1n) is 8.62. The van der Waals surface area contributed by atoms with E-state index in [2.05, 4.69) is 53.3 Å². The molecule has 1 aromatic heterocycles. The second kappa shape index (κ2) is 7.44. The summed E-state index contributed by atoms with van der Waals surface area (Å²) in [5, 5.41) is 3.56. The van der Waals surface area contributed by atoms with E-state index in [1.165, 1.54) is 31.2 Å². The molecule has 1 aliphatic rings. The molecule has 1 saturated carbocycles. The summed E-state index contributed by atoms with van der Waals surface area (Å²) in [4.78, 5) is 11.5. The van der Waals surface area contributed by atoms with Gasteiger partial charge in [-0.2, -0.15) is 4.98 Å². The highest BCUT2D eigenvalue weighted by Gasteiger charge is 2.17. The number of rotatable bonds is 6. The van der Waals surface area contributed by atoms with Crippen molar-refractivity contribution in [2.75, 3.05) is 10.2 Å². The van der Waals surface area contributed by atoms with Crippen LogP contribution in [-0.4, -0.2) is 22.1 Å². The molecule has 4 heteroatoms. The van der Waals surface area contributed by atoms with E-state index in [1.807, 2.05) is 18.3 Å². The van der Waals surface area contributed by atoms with Gasteiger partial charge >= 0.3 is 0 Å². The normalized spacial score (nSPS) is 15.1. The van der Waals surface area contributed by atoms with Gasteiger partial charge in [0.05, 0.1) is 0 Å². The minimum atomic E-state index is 0.344. The van der Waals surface area contributed by atoms with Gasteiger partial charge in [0, 0.05) is 24.8 Å². The molecule has 1 aromatic carbocycles. The van der Waals surface area contributed by atoms with Crippen LogP contribution >= 0.6 is 0 Å². The average molecular weight is 310 g/mol. The Kier molecular flexibility index (Phi) is 5.11. The SMILES string of the molecule is CC(C)N(Cc1ccccc1)c1nccc(NC2CCCC2)n1. The molecule has 1 heterocycles. The molecular weight excluding hydrogens is 284 g/mol. The van der Waals surface area contributed by atoms with Crippen LogP contribution in [0.4, 0.5) is 11.8 Å². The van der Waals surface area contributed by atoms with Crippen LogP contribution in [0, 0.1) is 0 Å². The monoisotopic (exact) mass is 310 g/mol. The smallest absolute Gasteiger partial charge is 0.227 e. The molecule has 0 unspecified atom stereocenters. The largest absolute Gasteiger partial charge is 0.367 e. The van der Waals surface area contributed by atoms with Crippen LogP contribution in [0.15, 0.2) is 42.6 Å². The molecule has 0 atom stereocenters. The van der Waals surface area contributed by atoms with Crippen molar-refractivity contribution in [3.63, 3.8) is 0 Å². The summed E-state index contributed by atoms with van der Waals surface area (Å²) in [5.41, 5.74) is 1.28. The first kappa shape index (κ1) is 15.8. The lowest BCUT2D eigenvalue weighted by atomic mass is 10.2. The summed E-state index contributed by atoms with van der Waals surface area (Å²) >= 11 is 0. The Morgan fingerprint density at radius 1 is 1.13 bits per heavy atom. The maximum absolute atomic E-state index is 4.76. The molecule has 122 valence electrons. The Hall–Kier alpha value is -2.10. The highest BCUT2D eigenvalue weighted by atomic mass is 15.3. The molecule has 2 aromatic rings. The number of hydrogen-bond acceptors (Lipinski definition) is 4. The fraction of sp³-hybridized carbons (Fsp3) is 0.474. The fourth-order valence-corrected chi connectivity index (χ4v) is 3.11. The Morgan fingerprint density at radius 2 is 1.87 bits per heavy atom. The highest BCUT2D eigenvalue weighted by molar-refractivity contribution is 5.43. The zero-order chi connectivity index (χ0) is 16.1. The van der Waals surface area contributed by atoms with Crippen LogP contribution < -0.4 is 10.2 Å². The summed E-state index contributed by atoms with van der Waals surface area (Å²) in [5.74, 6) is 1.74. The number of aromatic nitrogens is 2. The third-order valence-corrected chi connectivity index (χ3v) is 4.43. The van der Waals surface area contributed by atoms with Gasteiger partial charge in [0.2, 0.25) is 5.95 Å². The third-order valence-electron chi connectivity index (χ3n) is 4.43. The standard InChI is InChI=1S/C19H26N4/c1-15(2)23(14-16-8-4-3-5-9-16)19-20-13-12-18(22-19)21-17-10-6-7-11-17/h3-5,8-9,12-13,15,17H,6-7,10-11,14H2,1-2H3,(H,20,21,22). The van der Waals surface area contributed by atoms with E-state index in [-0.39, 0.29) is 0 Å².